The van der Waals surface area contributed by atoms with Gasteiger partial charge in [0.15, 0.2) is 0 Å². The normalized spacial score (nSPS) is 47.5. The topological polar surface area (TPSA) is 105 Å². The number of hydrogen-bond acceptors (Lipinski definition) is 5. The molecule has 1 heterocycles. The van der Waals surface area contributed by atoms with Crippen LogP contribution in [0.3, 0.4) is 0 Å². The molecular formula is C6H8N2O3. The minimum atomic E-state index is -1.51. The van der Waals surface area contributed by atoms with E-state index in [1.54, 1.807) is 0 Å². The van der Waals surface area contributed by atoms with Crippen molar-refractivity contribution in [2.24, 2.45) is 11.5 Å². The zero-order chi connectivity index (χ0) is 8.28. The van der Waals surface area contributed by atoms with E-state index in [0.29, 0.717) is 0 Å². The van der Waals surface area contributed by atoms with Crippen LogP contribution in [0.1, 0.15) is 0 Å². The maximum Gasteiger partial charge on any atom is 0.238 e. The van der Waals surface area contributed by atoms with Crippen molar-refractivity contribution >= 4 is 0 Å². The van der Waals surface area contributed by atoms with Crippen LogP contribution in [0.4, 0.5) is 0 Å². The number of aliphatic hydroxyl groups excluding tert-OH is 1. The Kier molecular flexibility index (Phi) is 0.862. The predicted molar refractivity (Wildman–Crippen MR) is 35.9 cm³/mol. The Balaban J connectivity index is 2.44. The standard InChI is InChI=1S/C6H8N2O3/c7-3-1-6(10)5(8,11-6)2-4(3)9/h1-2,9-10H,7-8H2. The van der Waals surface area contributed by atoms with Crippen LogP contribution in [-0.2, 0) is 4.74 Å². The minimum absolute atomic E-state index is 0.0751. The fraction of sp³-hybridized carbons (Fsp3) is 0.333. The maximum absolute atomic E-state index is 9.34. The summed E-state index contributed by atoms with van der Waals surface area (Å²) >= 11 is 0. The molecule has 2 aliphatic rings. The molecule has 2 atom stereocenters. The fourth-order valence-electron chi connectivity index (χ4n) is 1.08. The summed E-state index contributed by atoms with van der Waals surface area (Å²) in [6.07, 6.45) is 2.37. The lowest BCUT2D eigenvalue weighted by atomic mass is 10.0. The molecule has 6 N–H and O–H groups in total. The molecule has 0 aromatic carbocycles. The van der Waals surface area contributed by atoms with Crippen LogP contribution in [0, 0.1) is 0 Å². The van der Waals surface area contributed by atoms with Crippen LogP contribution < -0.4 is 11.5 Å². The zero-order valence-corrected chi connectivity index (χ0v) is 5.61. The molecule has 5 heteroatoms. The maximum atomic E-state index is 9.34. The summed E-state index contributed by atoms with van der Waals surface area (Å²) in [5.74, 6) is -1.67. The van der Waals surface area contributed by atoms with Crippen LogP contribution in [0.5, 0.6) is 0 Å². The van der Waals surface area contributed by atoms with Gasteiger partial charge in [-0.1, -0.05) is 0 Å². The van der Waals surface area contributed by atoms with Crippen molar-refractivity contribution in [3.63, 3.8) is 0 Å². The largest absolute Gasteiger partial charge is 0.506 e. The van der Waals surface area contributed by atoms with Gasteiger partial charge >= 0.3 is 0 Å². The van der Waals surface area contributed by atoms with Gasteiger partial charge in [0.2, 0.25) is 11.5 Å². The van der Waals surface area contributed by atoms with Gasteiger partial charge in [-0.25, -0.2) is 0 Å². The Morgan fingerprint density at radius 1 is 1.45 bits per heavy atom. The molecule has 2 unspecified atom stereocenters. The second-order valence-electron chi connectivity index (χ2n) is 2.72. The molecule has 1 saturated heterocycles. The molecule has 0 amide bonds. The molecule has 11 heavy (non-hydrogen) atoms. The molecule has 1 aliphatic heterocycles. The van der Waals surface area contributed by atoms with E-state index in [1.165, 1.54) is 12.2 Å². The third kappa shape index (κ3) is 0.644. The van der Waals surface area contributed by atoms with Crippen LogP contribution in [0.15, 0.2) is 23.6 Å². The third-order valence-corrected chi connectivity index (χ3v) is 1.84. The lowest BCUT2D eigenvalue weighted by Crippen LogP contribution is -2.35. The van der Waals surface area contributed by atoms with Gasteiger partial charge in [-0.2, -0.15) is 0 Å². The highest BCUT2D eigenvalue weighted by atomic mass is 16.8. The predicted octanol–water partition coefficient (Wildman–Crippen LogP) is -1.34. The number of epoxide rings is 1. The quantitative estimate of drug-likeness (QED) is 0.325. The first-order valence-corrected chi connectivity index (χ1v) is 3.09. The van der Waals surface area contributed by atoms with Crippen LogP contribution in [0.25, 0.3) is 0 Å². The van der Waals surface area contributed by atoms with Gasteiger partial charge in [0, 0.05) is 12.2 Å². The average Bonchev–Trinajstić information content (AvgIpc) is 2.33. The Hall–Kier alpha value is -1.04. The Morgan fingerprint density at radius 3 is 2.64 bits per heavy atom. The first-order valence-electron chi connectivity index (χ1n) is 3.09. The molecule has 0 aromatic rings. The van der Waals surface area contributed by atoms with E-state index < -0.39 is 11.5 Å². The number of hydrogen-bond donors (Lipinski definition) is 4. The SMILES string of the molecule is NC1=CC2(O)OC2(N)C=C1O. The molecule has 0 radical (unpaired) electrons. The van der Waals surface area contributed by atoms with Gasteiger partial charge in [0.1, 0.15) is 5.76 Å². The smallest absolute Gasteiger partial charge is 0.238 e. The van der Waals surface area contributed by atoms with Crippen molar-refractivity contribution in [2.45, 2.75) is 11.5 Å². The summed E-state index contributed by atoms with van der Waals surface area (Å²) in [4.78, 5) is 0. The zero-order valence-electron chi connectivity index (χ0n) is 5.61. The van der Waals surface area contributed by atoms with E-state index in [4.69, 9.17) is 21.3 Å². The van der Waals surface area contributed by atoms with E-state index in [1.807, 2.05) is 0 Å². The molecule has 2 rings (SSSR count). The number of aliphatic hydroxyl groups is 2. The molecule has 60 valence electrons. The number of ether oxygens (including phenoxy) is 1. The first kappa shape index (κ1) is 6.66. The molecule has 5 nitrogen and oxygen atoms in total. The van der Waals surface area contributed by atoms with Crippen LogP contribution in [-0.4, -0.2) is 21.7 Å². The summed E-state index contributed by atoms with van der Waals surface area (Å²) in [6.45, 7) is 0. The number of fused-ring (bicyclic) bond motifs is 1. The van der Waals surface area contributed by atoms with Crippen molar-refractivity contribution in [3.8, 4) is 0 Å². The van der Waals surface area contributed by atoms with Gasteiger partial charge < -0.3 is 20.7 Å². The van der Waals surface area contributed by atoms with Gasteiger partial charge in [-0.3, -0.25) is 5.73 Å². The van der Waals surface area contributed by atoms with Crippen molar-refractivity contribution in [1.82, 2.24) is 0 Å². The van der Waals surface area contributed by atoms with Crippen molar-refractivity contribution in [2.75, 3.05) is 0 Å². The summed E-state index contributed by atoms with van der Waals surface area (Å²) in [5.41, 5.74) is 9.51. The van der Waals surface area contributed by atoms with Crippen molar-refractivity contribution in [1.29, 1.82) is 0 Å². The second kappa shape index (κ2) is 1.42. The first-order chi connectivity index (χ1) is 4.97. The number of nitrogens with two attached hydrogens (primary N) is 2. The molecule has 1 fully saturated rings. The van der Waals surface area contributed by atoms with Gasteiger partial charge in [0.25, 0.3) is 0 Å². The monoisotopic (exact) mass is 156 g/mol. The molecule has 0 bridgehead atoms. The van der Waals surface area contributed by atoms with Crippen molar-refractivity contribution in [3.05, 3.63) is 23.6 Å². The summed E-state index contributed by atoms with van der Waals surface area (Å²) in [7, 11) is 0. The lowest BCUT2D eigenvalue weighted by molar-refractivity contribution is 0.0814. The van der Waals surface area contributed by atoms with Crippen molar-refractivity contribution < 1.29 is 14.9 Å². The summed E-state index contributed by atoms with van der Waals surface area (Å²) in [5, 5.41) is 18.4. The summed E-state index contributed by atoms with van der Waals surface area (Å²) < 4.78 is 4.73. The fourth-order valence-corrected chi connectivity index (χ4v) is 1.08. The Labute approximate surface area is 62.6 Å². The van der Waals surface area contributed by atoms with E-state index in [2.05, 4.69) is 0 Å². The highest BCUT2D eigenvalue weighted by Gasteiger charge is 2.67. The van der Waals surface area contributed by atoms with E-state index in [9.17, 15) is 5.11 Å². The molecule has 0 spiro atoms. The van der Waals surface area contributed by atoms with Gasteiger partial charge in [-0.05, 0) is 0 Å². The molecular weight excluding hydrogens is 148 g/mol. The van der Waals surface area contributed by atoms with Crippen LogP contribution in [0.2, 0.25) is 0 Å². The Bertz CT molecular complexity index is 258. The molecule has 1 aliphatic carbocycles. The van der Waals surface area contributed by atoms with Crippen LogP contribution >= 0.6 is 0 Å². The minimum Gasteiger partial charge on any atom is -0.506 e. The van der Waals surface area contributed by atoms with E-state index in [-0.39, 0.29) is 11.5 Å². The second-order valence-corrected chi connectivity index (χ2v) is 2.72. The summed E-state index contributed by atoms with van der Waals surface area (Å²) in [6, 6.07) is 0. The van der Waals surface area contributed by atoms with Gasteiger partial charge in [0.05, 0.1) is 5.70 Å². The van der Waals surface area contributed by atoms with Gasteiger partial charge in [-0.15, -0.1) is 0 Å². The number of rotatable bonds is 0. The van der Waals surface area contributed by atoms with E-state index in [0.717, 1.165) is 0 Å². The average molecular weight is 156 g/mol. The highest BCUT2D eigenvalue weighted by Crippen LogP contribution is 2.47. The lowest BCUT2D eigenvalue weighted by Gasteiger charge is -2.11. The third-order valence-electron chi connectivity index (χ3n) is 1.84. The highest BCUT2D eigenvalue weighted by molar-refractivity contribution is 5.40. The van der Waals surface area contributed by atoms with E-state index >= 15 is 0 Å². The molecule has 0 saturated carbocycles. The molecule has 0 aromatic heterocycles. The Morgan fingerprint density at radius 2 is 2.09 bits per heavy atom.